The fourth-order valence-corrected chi connectivity index (χ4v) is 2.65. The van der Waals surface area contributed by atoms with Crippen molar-refractivity contribution < 1.29 is 10.0 Å². The van der Waals surface area contributed by atoms with Crippen LogP contribution in [0.1, 0.15) is 12.5 Å². The number of hydrogen-bond acceptors (Lipinski definition) is 5. The summed E-state index contributed by atoms with van der Waals surface area (Å²) in [6, 6.07) is 5.01. The van der Waals surface area contributed by atoms with Crippen molar-refractivity contribution in [2.75, 3.05) is 37.6 Å². The number of β-amino-alcohol motifs (C(OH)–C–C–N with tert-alkyl or cyclic N) is 1. The highest BCUT2D eigenvalue weighted by Gasteiger charge is 2.20. The normalized spacial score (nSPS) is 18.1. The van der Waals surface area contributed by atoms with Crippen LogP contribution in [0.5, 0.6) is 0 Å². The zero-order valence-corrected chi connectivity index (χ0v) is 12.0. The van der Waals surface area contributed by atoms with Gasteiger partial charge in [-0.3, -0.25) is 15.0 Å². The third-order valence-corrected chi connectivity index (χ3v) is 3.63. The number of hydrogen-bond donors (Lipinski definition) is 1. The molecule has 2 rings (SSSR count). The van der Waals surface area contributed by atoms with Crippen LogP contribution in [-0.4, -0.2) is 53.8 Å². The summed E-state index contributed by atoms with van der Waals surface area (Å²) in [6.45, 7) is 7.98. The average Bonchev–Trinajstić information content (AvgIpc) is 2.39. The Hall–Kier alpha value is -1.66. The molecule has 1 saturated heterocycles. The Bertz CT molecular complexity index is 483. The molecular weight excluding hydrogens is 258 g/mol. The van der Waals surface area contributed by atoms with E-state index in [0.717, 1.165) is 37.4 Å². The maximum Gasteiger partial charge on any atom is 0.269 e. The van der Waals surface area contributed by atoms with Crippen molar-refractivity contribution >= 4 is 11.4 Å². The number of nitro benzene ring substituents is 1. The van der Waals surface area contributed by atoms with Crippen LogP contribution in [0.25, 0.3) is 0 Å². The third-order valence-electron chi connectivity index (χ3n) is 3.63. The Labute approximate surface area is 118 Å². The summed E-state index contributed by atoms with van der Waals surface area (Å²) in [4.78, 5) is 14.9. The van der Waals surface area contributed by atoms with E-state index in [1.807, 2.05) is 13.0 Å². The third kappa shape index (κ3) is 3.46. The smallest absolute Gasteiger partial charge is 0.269 e. The van der Waals surface area contributed by atoms with Crippen molar-refractivity contribution in [2.24, 2.45) is 0 Å². The molecular formula is C14H21N3O3. The first-order chi connectivity index (χ1) is 9.47. The van der Waals surface area contributed by atoms with Gasteiger partial charge in [-0.1, -0.05) is 0 Å². The molecule has 1 heterocycles. The number of rotatable bonds is 4. The summed E-state index contributed by atoms with van der Waals surface area (Å²) < 4.78 is 0. The van der Waals surface area contributed by atoms with Gasteiger partial charge in [-0.15, -0.1) is 0 Å². The van der Waals surface area contributed by atoms with Crippen LogP contribution in [0.15, 0.2) is 18.2 Å². The predicted molar refractivity (Wildman–Crippen MR) is 78.2 cm³/mol. The minimum atomic E-state index is -0.364. The summed E-state index contributed by atoms with van der Waals surface area (Å²) in [5.41, 5.74) is 2.13. The Balaban J connectivity index is 2.02. The van der Waals surface area contributed by atoms with Crippen molar-refractivity contribution in [3.8, 4) is 0 Å². The number of nitrogens with zero attached hydrogens (tertiary/aromatic N) is 3. The molecule has 1 aromatic carbocycles. The number of aryl methyl sites for hydroxylation is 1. The maximum atomic E-state index is 10.7. The van der Waals surface area contributed by atoms with Gasteiger partial charge < -0.3 is 10.0 Å². The lowest BCUT2D eigenvalue weighted by atomic mass is 10.1. The van der Waals surface area contributed by atoms with Crippen molar-refractivity contribution in [3.63, 3.8) is 0 Å². The molecule has 0 unspecified atom stereocenters. The zero-order valence-electron chi connectivity index (χ0n) is 12.0. The number of non-ortho nitro benzene ring substituents is 1. The fourth-order valence-electron chi connectivity index (χ4n) is 2.65. The molecule has 1 fully saturated rings. The zero-order chi connectivity index (χ0) is 14.7. The summed E-state index contributed by atoms with van der Waals surface area (Å²) >= 11 is 0. The second kappa shape index (κ2) is 6.19. The van der Waals surface area contributed by atoms with Gasteiger partial charge in [0, 0.05) is 50.5 Å². The van der Waals surface area contributed by atoms with Crippen molar-refractivity contribution in [1.82, 2.24) is 4.90 Å². The number of piperazine rings is 1. The van der Waals surface area contributed by atoms with E-state index in [2.05, 4.69) is 9.80 Å². The summed E-state index contributed by atoms with van der Waals surface area (Å²) in [7, 11) is 0. The maximum absolute atomic E-state index is 10.7. The van der Waals surface area contributed by atoms with E-state index in [1.165, 1.54) is 0 Å². The van der Waals surface area contributed by atoms with Crippen LogP contribution in [0.3, 0.4) is 0 Å². The van der Waals surface area contributed by atoms with Crippen LogP contribution < -0.4 is 4.90 Å². The van der Waals surface area contributed by atoms with E-state index in [4.69, 9.17) is 0 Å². The molecule has 0 saturated carbocycles. The van der Waals surface area contributed by atoms with Crippen LogP contribution in [0.4, 0.5) is 11.4 Å². The summed E-state index contributed by atoms with van der Waals surface area (Å²) in [5, 5.41) is 20.1. The van der Waals surface area contributed by atoms with Gasteiger partial charge in [0.05, 0.1) is 11.0 Å². The Morgan fingerprint density at radius 3 is 2.50 bits per heavy atom. The number of aliphatic hydroxyl groups is 1. The van der Waals surface area contributed by atoms with Gasteiger partial charge in [0.25, 0.3) is 5.69 Å². The molecule has 1 aromatic rings. The molecule has 20 heavy (non-hydrogen) atoms. The molecule has 0 spiro atoms. The lowest BCUT2D eigenvalue weighted by Crippen LogP contribution is -2.48. The average molecular weight is 279 g/mol. The van der Waals surface area contributed by atoms with E-state index in [9.17, 15) is 15.2 Å². The van der Waals surface area contributed by atoms with Gasteiger partial charge in [-0.05, 0) is 25.5 Å². The molecule has 1 aliphatic heterocycles. The molecule has 1 atom stereocenters. The van der Waals surface area contributed by atoms with E-state index < -0.39 is 0 Å². The predicted octanol–water partition coefficient (Wildman–Crippen LogP) is 1.41. The van der Waals surface area contributed by atoms with E-state index in [0.29, 0.717) is 6.54 Å². The molecule has 0 bridgehead atoms. The Morgan fingerprint density at radius 2 is 2.00 bits per heavy atom. The second-order valence-electron chi connectivity index (χ2n) is 5.36. The van der Waals surface area contributed by atoms with E-state index in [-0.39, 0.29) is 16.7 Å². The number of benzene rings is 1. The van der Waals surface area contributed by atoms with Crippen LogP contribution in [0, 0.1) is 17.0 Å². The van der Waals surface area contributed by atoms with Gasteiger partial charge in [-0.2, -0.15) is 0 Å². The topological polar surface area (TPSA) is 69.9 Å². The van der Waals surface area contributed by atoms with E-state index in [1.54, 1.807) is 19.1 Å². The molecule has 6 nitrogen and oxygen atoms in total. The molecule has 0 radical (unpaired) electrons. The Morgan fingerprint density at radius 1 is 1.35 bits per heavy atom. The van der Waals surface area contributed by atoms with Gasteiger partial charge in [0.15, 0.2) is 0 Å². The largest absolute Gasteiger partial charge is 0.392 e. The highest BCUT2D eigenvalue weighted by molar-refractivity contribution is 5.57. The second-order valence-corrected chi connectivity index (χ2v) is 5.36. The first kappa shape index (κ1) is 14.7. The van der Waals surface area contributed by atoms with Crippen LogP contribution in [-0.2, 0) is 0 Å². The Kier molecular flexibility index (Phi) is 4.57. The lowest BCUT2D eigenvalue weighted by Gasteiger charge is -2.37. The molecule has 110 valence electrons. The molecule has 1 N–H and O–H groups in total. The minimum Gasteiger partial charge on any atom is -0.392 e. The first-order valence-corrected chi connectivity index (χ1v) is 6.88. The first-order valence-electron chi connectivity index (χ1n) is 6.88. The molecule has 0 aromatic heterocycles. The van der Waals surface area contributed by atoms with Crippen molar-refractivity contribution in [1.29, 1.82) is 0 Å². The monoisotopic (exact) mass is 279 g/mol. The van der Waals surface area contributed by atoms with Crippen molar-refractivity contribution in [3.05, 3.63) is 33.9 Å². The summed E-state index contributed by atoms with van der Waals surface area (Å²) in [6.07, 6.45) is -0.303. The molecule has 0 aliphatic carbocycles. The number of nitro groups is 1. The number of anilines is 1. The van der Waals surface area contributed by atoms with Gasteiger partial charge >= 0.3 is 0 Å². The minimum absolute atomic E-state index is 0.138. The lowest BCUT2D eigenvalue weighted by molar-refractivity contribution is -0.384. The highest BCUT2D eigenvalue weighted by atomic mass is 16.6. The van der Waals surface area contributed by atoms with Gasteiger partial charge in [-0.25, -0.2) is 0 Å². The SMILES string of the molecule is Cc1cc([N+](=O)[O-])ccc1N1CCN(C[C@@H](C)O)CC1. The molecule has 6 heteroatoms. The fraction of sp³-hybridized carbons (Fsp3) is 0.571. The summed E-state index contributed by atoms with van der Waals surface area (Å²) in [5.74, 6) is 0. The number of aliphatic hydroxyl groups excluding tert-OH is 1. The quantitative estimate of drug-likeness (QED) is 0.666. The molecule has 0 amide bonds. The van der Waals surface area contributed by atoms with Crippen LogP contribution >= 0.6 is 0 Å². The van der Waals surface area contributed by atoms with Crippen LogP contribution in [0.2, 0.25) is 0 Å². The van der Waals surface area contributed by atoms with Gasteiger partial charge in [0.1, 0.15) is 0 Å². The van der Waals surface area contributed by atoms with E-state index >= 15 is 0 Å². The standard InChI is InChI=1S/C14H21N3O3/c1-11-9-13(17(19)20)3-4-14(11)16-7-5-15(6-8-16)10-12(2)18/h3-4,9,12,18H,5-8,10H2,1-2H3/t12-/m1/s1. The molecule has 1 aliphatic rings. The highest BCUT2D eigenvalue weighted by Crippen LogP contribution is 2.25. The van der Waals surface area contributed by atoms with Gasteiger partial charge in [0.2, 0.25) is 0 Å². The van der Waals surface area contributed by atoms with Crippen molar-refractivity contribution in [2.45, 2.75) is 20.0 Å².